The zero-order chi connectivity index (χ0) is 16.3. The molecule has 1 amide bonds. The van der Waals surface area contributed by atoms with Gasteiger partial charge >= 0.3 is 0 Å². The number of carbonyl (C=O) groups is 3. The Morgan fingerprint density at radius 3 is 1.85 bits per heavy atom. The Morgan fingerprint density at radius 2 is 1.60 bits per heavy atom. The molecule has 0 aliphatic rings. The highest BCUT2D eigenvalue weighted by Gasteiger charge is 2.28. The van der Waals surface area contributed by atoms with Crippen LogP contribution in [-0.4, -0.2) is 17.5 Å². The normalized spacial score (nSPS) is 12.1. The van der Waals surface area contributed by atoms with Crippen LogP contribution in [0, 0.1) is 11.3 Å². The number of amides is 1. The van der Waals surface area contributed by atoms with E-state index in [0.29, 0.717) is 6.42 Å². The van der Waals surface area contributed by atoms with Crippen molar-refractivity contribution in [3.8, 4) is 0 Å². The average Bonchev–Trinajstić information content (AvgIpc) is 2.38. The van der Waals surface area contributed by atoms with Gasteiger partial charge in [0.05, 0.1) is 0 Å². The maximum Gasteiger partial charge on any atom is 0.220 e. The van der Waals surface area contributed by atoms with Crippen molar-refractivity contribution in [2.24, 2.45) is 17.1 Å². The van der Waals surface area contributed by atoms with E-state index in [2.05, 4.69) is 6.92 Å². The van der Waals surface area contributed by atoms with Crippen molar-refractivity contribution >= 4 is 17.5 Å². The van der Waals surface area contributed by atoms with Crippen molar-refractivity contribution in [2.75, 3.05) is 0 Å². The van der Waals surface area contributed by atoms with Crippen molar-refractivity contribution < 1.29 is 14.4 Å². The van der Waals surface area contributed by atoms with Gasteiger partial charge in [0.1, 0.15) is 0 Å². The molecule has 0 heterocycles. The van der Waals surface area contributed by atoms with Gasteiger partial charge in [-0.15, -0.1) is 0 Å². The van der Waals surface area contributed by atoms with E-state index >= 15 is 0 Å². The Morgan fingerprint density at radius 1 is 1.10 bits per heavy atom. The lowest BCUT2D eigenvalue weighted by atomic mass is 9.84. The number of nitrogens with two attached hydrogens (primary N) is 1. The first-order valence-electron chi connectivity index (χ1n) is 7.44. The van der Waals surface area contributed by atoms with E-state index < -0.39 is 5.41 Å². The smallest absolute Gasteiger partial charge is 0.220 e. The third-order valence-electron chi connectivity index (χ3n) is 3.54. The van der Waals surface area contributed by atoms with Crippen LogP contribution in [0.3, 0.4) is 0 Å². The summed E-state index contributed by atoms with van der Waals surface area (Å²) in [5.74, 6) is -0.718. The quantitative estimate of drug-likeness (QED) is 0.549. The average molecular weight is 285 g/mol. The molecule has 0 fully saturated rings. The van der Waals surface area contributed by atoms with Gasteiger partial charge in [0.15, 0.2) is 5.78 Å². The van der Waals surface area contributed by atoms with E-state index in [1.807, 2.05) is 13.8 Å². The number of ketones is 2. The molecule has 0 rings (SSSR count). The zero-order valence-electron chi connectivity index (χ0n) is 13.9. The summed E-state index contributed by atoms with van der Waals surface area (Å²) < 4.78 is 0. The second-order valence-electron chi connectivity index (χ2n) is 5.92. The highest BCUT2D eigenvalue weighted by molar-refractivity contribution is 6.38. The molecule has 0 aromatic heterocycles. The van der Waals surface area contributed by atoms with Crippen molar-refractivity contribution in [3.63, 3.8) is 0 Å². The number of unbranched alkanes of at least 4 members (excludes halogenated alkanes) is 2. The van der Waals surface area contributed by atoms with E-state index in [9.17, 15) is 14.4 Å². The third-order valence-corrected chi connectivity index (χ3v) is 3.54. The van der Waals surface area contributed by atoms with Crippen molar-refractivity contribution in [3.05, 3.63) is 0 Å². The second kappa shape index (κ2) is 10.6. The van der Waals surface area contributed by atoms with Crippen LogP contribution in [0.15, 0.2) is 0 Å². The molecule has 118 valence electrons. The molecule has 0 saturated heterocycles. The van der Waals surface area contributed by atoms with E-state index in [4.69, 9.17) is 5.73 Å². The first kappa shape index (κ1) is 21.1. The molecule has 4 nitrogen and oxygen atoms in total. The van der Waals surface area contributed by atoms with Gasteiger partial charge < -0.3 is 5.73 Å². The molecule has 0 bridgehead atoms. The summed E-state index contributed by atoms with van der Waals surface area (Å²) in [7, 11) is 0. The van der Waals surface area contributed by atoms with Crippen molar-refractivity contribution in [1.82, 2.24) is 0 Å². The first-order chi connectivity index (χ1) is 9.10. The SMILES string of the molecule is CCC(C)(C)C(=O)C(C)=O.CCCCCC(C)C(N)=O. The molecule has 4 heteroatoms. The lowest BCUT2D eigenvalue weighted by molar-refractivity contribution is -0.140. The summed E-state index contributed by atoms with van der Waals surface area (Å²) in [6.07, 6.45) is 5.19. The molecule has 20 heavy (non-hydrogen) atoms. The van der Waals surface area contributed by atoms with Gasteiger partial charge in [-0.3, -0.25) is 14.4 Å². The summed E-state index contributed by atoms with van der Waals surface area (Å²) in [4.78, 5) is 32.2. The Labute approximate surface area is 123 Å². The van der Waals surface area contributed by atoms with Crippen LogP contribution >= 0.6 is 0 Å². The topological polar surface area (TPSA) is 77.2 Å². The number of primary amides is 1. The Kier molecular flexibility index (Phi) is 11.2. The second-order valence-corrected chi connectivity index (χ2v) is 5.92. The summed E-state index contributed by atoms with van der Waals surface area (Å²) in [6.45, 7) is 10.8. The van der Waals surface area contributed by atoms with Gasteiger partial charge in [0.2, 0.25) is 11.7 Å². The highest BCUT2D eigenvalue weighted by Crippen LogP contribution is 2.20. The third kappa shape index (κ3) is 9.70. The van der Waals surface area contributed by atoms with Crippen LogP contribution in [0.2, 0.25) is 0 Å². The molecule has 0 aliphatic carbocycles. The standard InChI is InChI=1S/C8H17NO.C8H14O2/c1-3-4-5-6-7(2)8(9)10;1-5-8(3,4)7(10)6(2)9/h7H,3-6H2,1-2H3,(H2,9,10);5H2,1-4H3. The van der Waals surface area contributed by atoms with Crippen molar-refractivity contribution in [1.29, 1.82) is 0 Å². The summed E-state index contributed by atoms with van der Waals surface area (Å²) >= 11 is 0. The minimum atomic E-state index is -0.466. The molecule has 0 aliphatic heterocycles. The summed E-state index contributed by atoms with van der Waals surface area (Å²) in [5.41, 5.74) is 4.61. The molecular weight excluding hydrogens is 254 g/mol. The fourth-order valence-electron chi connectivity index (χ4n) is 1.48. The molecule has 1 unspecified atom stereocenters. The fourth-order valence-corrected chi connectivity index (χ4v) is 1.48. The Bertz CT molecular complexity index is 322. The minimum absolute atomic E-state index is 0.0616. The summed E-state index contributed by atoms with van der Waals surface area (Å²) in [6, 6.07) is 0. The number of carbonyl (C=O) groups excluding carboxylic acids is 3. The summed E-state index contributed by atoms with van der Waals surface area (Å²) in [5, 5.41) is 0. The van der Waals surface area contributed by atoms with Gasteiger partial charge in [-0.1, -0.05) is 53.9 Å². The van der Waals surface area contributed by atoms with Gasteiger partial charge in [-0.25, -0.2) is 0 Å². The minimum Gasteiger partial charge on any atom is -0.369 e. The Balaban J connectivity index is 0. The molecule has 2 N–H and O–H groups in total. The van der Waals surface area contributed by atoms with Crippen LogP contribution < -0.4 is 5.73 Å². The molecule has 1 atom stereocenters. The van der Waals surface area contributed by atoms with Gasteiger partial charge in [0, 0.05) is 18.3 Å². The van der Waals surface area contributed by atoms with Crippen LogP contribution in [0.4, 0.5) is 0 Å². The first-order valence-corrected chi connectivity index (χ1v) is 7.44. The maximum absolute atomic E-state index is 11.0. The van der Waals surface area contributed by atoms with E-state index in [1.54, 1.807) is 13.8 Å². The zero-order valence-corrected chi connectivity index (χ0v) is 13.9. The van der Waals surface area contributed by atoms with Crippen LogP contribution in [-0.2, 0) is 14.4 Å². The van der Waals surface area contributed by atoms with E-state index in [1.165, 1.54) is 19.8 Å². The van der Waals surface area contributed by atoms with Gasteiger partial charge in [-0.2, -0.15) is 0 Å². The molecule has 0 saturated carbocycles. The predicted octanol–water partition coefficient (Wildman–Crippen LogP) is 3.27. The molecule has 0 aromatic carbocycles. The number of Topliss-reactive ketones (excluding diaryl/α,β-unsaturated/α-hetero) is 2. The van der Waals surface area contributed by atoms with Crippen LogP contribution in [0.5, 0.6) is 0 Å². The maximum atomic E-state index is 11.0. The van der Waals surface area contributed by atoms with E-state index in [0.717, 1.165) is 12.8 Å². The lowest BCUT2D eigenvalue weighted by Crippen LogP contribution is -2.28. The monoisotopic (exact) mass is 285 g/mol. The number of hydrogen-bond acceptors (Lipinski definition) is 3. The fraction of sp³-hybridized carbons (Fsp3) is 0.812. The molecular formula is C16H31NO3. The predicted molar refractivity (Wildman–Crippen MR) is 82.3 cm³/mol. The van der Waals surface area contributed by atoms with Crippen molar-refractivity contribution in [2.45, 2.75) is 73.6 Å². The van der Waals surface area contributed by atoms with Gasteiger partial charge in [-0.05, 0) is 12.8 Å². The van der Waals surface area contributed by atoms with Crippen LogP contribution in [0.25, 0.3) is 0 Å². The molecule has 0 spiro atoms. The molecule has 0 radical (unpaired) electrons. The van der Waals surface area contributed by atoms with Gasteiger partial charge in [0.25, 0.3) is 0 Å². The number of rotatable bonds is 8. The highest BCUT2D eigenvalue weighted by atomic mass is 16.2. The molecule has 0 aromatic rings. The largest absolute Gasteiger partial charge is 0.369 e. The lowest BCUT2D eigenvalue weighted by Gasteiger charge is -2.18. The van der Waals surface area contributed by atoms with Crippen LogP contribution in [0.1, 0.15) is 73.6 Å². The Hall–Kier alpha value is -1.19. The van der Waals surface area contributed by atoms with E-state index in [-0.39, 0.29) is 23.4 Å². The number of hydrogen-bond donors (Lipinski definition) is 1.